The standard InChI is InChI=1S/C39H15F9N4/c1-14-31(40)33(42)29(34(43)32(14)41)15-2-4-19-21-8-26-22(9-25(21)27(23(19)6-15)17(10-49)11-50)20-5-3-16(7-24(20)28(26)18(12-51)13-52)30-35(44)37(46)39(48)38(47)36(30)45/h2-9H,10,49H2,1H3/b27-17+. The first kappa shape index (κ1) is 33.9. The predicted molar refractivity (Wildman–Crippen MR) is 170 cm³/mol. The second-order valence-corrected chi connectivity index (χ2v) is 11.8. The zero-order valence-corrected chi connectivity index (χ0v) is 26.1. The van der Waals surface area contributed by atoms with Crippen molar-refractivity contribution in [3.05, 3.63) is 140 Å². The van der Waals surface area contributed by atoms with Crippen molar-refractivity contribution in [1.29, 1.82) is 15.8 Å². The second kappa shape index (κ2) is 12.0. The van der Waals surface area contributed by atoms with Crippen LogP contribution in [0.1, 0.15) is 27.8 Å². The van der Waals surface area contributed by atoms with E-state index in [-0.39, 0.29) is 51.1 Å². The number of hydrogen-bond acceptors (Lipinski definition) is 4. The fraction of sp³-hybridized carbons (Fsp3) is 0.0513. The van der Waals surface area contributed by atoms with E-state index in [1.807, 2.05) is 6.07 Å². The Morgan fingerprint density at radius 1 is 0.481 bits per heavy atom. The van der Waals surface area contributed by atoms with Crippen molar-refractivity contribution >= 4 is 11.1 Å². The van der Waals surface area contributed by atoms with Gasteiger partial charge in [-0.15, -0.1) is 0 Å². The molecule has 0 amide bonds. The maximum Gasteiger partial charge on any atom is 0.200 e. The summed E-state index contributed by atoms with van der Waals surface area (Å²) >= 11 is 0. The zero-order valence-electron chi connectivity index (χ0n) is 26.1. The Balaban J connectivity index is 1.50. The van der Waals surface area contributed by atoms with Gasteiger partial charge < -0.3 is 5.73 Å². The maximum atomic E-state index is 15.1. The van der Waals surface area contributed by atoms with Crippen molar-refractivity contribution in [2.24, 2.45) is 5.73 Å². The summed E-state index contributed by atoms with van der Waals surface area (Å²) in [6, 6.07) is 16.0. The Hall–Kier alpha value is -6.62. The van der Waals surface area contributed by atoms with E-state index in [9.17, 15) is 46.5 Å². The van der Waals surface area contributed by atoms with Crippen molar-refractivity contribution in [2.45, 2.75) is 6.92 Å². The van der Waals surface area contributed by atoms with Crippen LogP contribution in [0, 0.1) is 93.3 Å². The van der Waals surface area contributed by atoms with E-state index in [1.54, 1.807) is 18.2 Å². The molecule has 0 heterocycles. The van der Waals surface area contributed by atoms with Crippen LogP contribution < -0.4 is 5.73 Å². The Morgan fingerprint density at radius 3 is 1.29 bits per heavy atom. The predicted octanol–water partition coefficient (Wildman–Crippen LogP) is 9.67. The summed E-state index contributed by atoms with van der Waals surface area (Å²) in [4.78, 5) is 0. The molecule has 0 saturated carbocycles. The highest BCUT2D eigenvalue weighted by molar-refractivity contribution is 6.11. The van der Waals surface area contributed by atoms with E-state index in [4.69, 9.17) is 5.73 Å². The van der Waals surface area contributed by atoms with Crippen LogP contribution >= 0.6 is 0 Å². The van der Waals surface area contributed by atoms with E-state index in [2.05, 4.69) is 0 Å². The van der Waals surface area contributed by atoms with Gasteiger partial charge in [0.2, 0.25) is 5.82 Å². The van der Waals surface area contributed by atoms with Gasteiger partial charge in [-0.2, -0.15) is 15.8 Å². The SMILES string of the molecule is Cc1c(F)c(F)c(-c2ccc3c(c2)/C(=C(\C#N)CN)c2cc4c(cc2-3)C(=C(C#N)C#N)c2cc(-c3c(F)c(F)c(F)c(F)c3F)ccc2-4)c(F)c1F. The van der Waals surface area contributed by atoms with Crippen LogP contribution in [0.15, 0.2) is 59.7 Å². The third-order valence-corrected chi connectivity index (χ3v) is 9.24. The minimum atomic E-state index is -2.35. The van der Waals surface area contributed by atoms with E-state index in [0.29, 0.717) is 22.3 Å². The van der Waals surface area contributed by atoms with E-state index in [1.165, 1.54) is 30.3 Å². The molecule has 0 fully saturated rings. The van der Waals surface area contributed by atoms with Gasteiger partial charge in [0.25, 0.3) is 0 Å². The molecule has 4 nitrogen and oxygen atoms in total. The van der Waals surface area contributed by atoms with Crippen molar-refractivity contribution < 1.29 is 39.5 Å². The molecule has 254 valence electrons. The van der Waals surface area contributed by atoms with Crippen LogP contribution in [0.3, 0.4) is 0 Å². The minimum absolute atomic E-state index is 0.00435. The Morgan fingerprint density at radius 2 is 0.865 bits per heavy atom. The first-order chi connectivity index (χ1) is 24.8. The molecule has 2 N–H and O–H groups in total. The molecule has 0 unspecified atom stereocenters. The molecule has 7 rings (SSSR count). The summed E-state index contributed by atoms with van der Waals surface area (Å²) in [5, 5.41) is 29.9. The fourth-order valence-electron chi connectivity index (χ4n) is 6.82. The van der Waals surface area contributed by atoms with Crippen LogP contribution in [0.25, 0.3) is 55.7 Å². The highest BCUT2D eigenvalue weighted by Gasteiger charge is 2.35. The lowest BCUT2D eigenvalue weighted by Gasteiger charge is -2.12. The number of nitrogens with zero attached hydrogens (tertiary/aromatic N) is 3. The lowest BCUT2D eigenvalue weighted by atomic mass is 9.93. The molecule has 13 heteroatoms. The van der Waals surface area contributed by atoms with Gasteiger partial charge in [-0.25, -0.2) is 39.5 Å². The van der Waals surface area contributed by atoms with Crippen molar-refractivity contribution in [2.75, 3.05) is 6.54 Å². The summed E-state index contributed by atoms with van der Waals surface area (Å²) in [6.45, 7) is 0.563. The zero-order chi connectivity index (χ0) is 37.5. The molecule has 0 aliphatic heterocycles. The first-order valence-corrected chi connectivity index (χ1v) is 15.0. The molecule has 0 atom stereocenters. The quantitative estimate of drug-likeness (QED) is 0.0855. The smallest absolute Gasteiger partial charge is 0.200 e. The fourth-order valence-corrected chi connectivity index (χ4v) is 6.82. The Kier molecular flexibility index (Phi) is 7.82. The molecule has 0 radical (unpaired) electrons. The van der Waals surface area contributed by atoms with Gasteiger partial charge in [-0.1, -0.05) is 24.3 Å². The number of nitriles is 3. The van der Waals surface area contributed by atoms with Crippen LogP contribution in [0.2, 0.25) is 0 Å². The van der Waals surface area contributed by atoms with Crippen LogP contribution in [0.4, 0.5) is 39.5 Å². The number of allylic oxidation sites excluding steroid dienone is 1. The molecule has 0 saturated heterocycles. The highest BCUT2D eigenvalue weighted by atomic mass is 19.2. The molecular weight excluding hydrogens is 695 g/mol. The molecular formula is C39H15F9N4. The molecule has 0 bridgehead atoms. The lowest BCUT2D eigenvalue weighted by molar-refractivity contribution is 0.381. The first-order valence-electron chi connectivity index (χ1n) is 15.0. The molecule has 2 aliphatic rings. The van der Waals surface area contributed by atoms with Gasteiger partial charge in [0.05, 0.1) is 22.8 Å². The third kappa shape index (κ3) is 4.51. The maximum absolute atomic E-state index is 15.1. The van der Waals surface area contributed by atoms with E-state index >= 15 is 8.78 Å². The van der Waals surface area contributed by atoms with Crippen molar-refractivity contribution in [1.82, 2.24) is 0 Å². The van der Waals surface area contributed by atoms with Gasteiger partial charge in [-0.3, -0.25) is 0 Å². The van der Waals surface area contributed by atoms with E-state index < -0.39 is 80.2 Å². The number of benzene rings is 5. The molecule has 52 heavy (non-hydrogen) atoms. The molecule has 2 aliphatic carbocycles. The molecule has 0 aromatic heterocycles. The number of fused-ring (bicyclic) bond motifs is 6. The van der Waals surface area contributed by atoms with Crippen LogP contribution in [-0.2, 0) is 0 Å². The highest BCUT2D eigenvalue weighted by Crippen LogP contribution is 2.54. The van der Waals surface area contributed by atoms with Gasteiger partial charge in [0.1, 0.15) is 17.7 Å². The average molecular weight is 711 g/mol. The summed E-state index contributed by atoms with van der Waals surface area (Å²) in [7, 11) is 0. The van der Waals surface area contributed by atoms with Gasteiger partial charge in [0, 0.05) is 23.3 Å². The second-order valence-electron chi connectivity index (χ2n) is 11.8. The van der Waals surface area contributed by atoms with Gasteiger partial charge in [0.15, 0.2) is 46.5 Å². The summed E-state index contributed by atoms with van der Waals surface area (Å²) < 4.78 is 131. The Bertz CT molecular complexity index is 2630. The van der Waals surface area contributed by atoms with Crippen LogP contribution in [-0.4, -0.2) is 6.54 Å². The molecule has 5 aromatic carbocycles. The van der Waals surface area contributed by atoms with Crippen molar-refractivity contribution in [3.8, 4) is 62.7 Å². The van der Waals surface area contributed by atoms with Gasteiger partial charge >= 0.3 is 0 Å². The average Bonchev–Trinajstić information content (AvgIpc) is 3.63. The number of nitrogens with two attached hydrogens (primary N) is 1. The monoisotopic (exact) mass is 710 g/mol. The lowest BCUT2D eigenvalue weighted by Crippen LogP contribution is -2.05. The summed E-state index contributed by atoms with van der Waals surface area (Å²) in [5.41, 5.74) is 4.05. The normalized spacial score (nSPS) is 13.1. The number of hydrogen-bond donors (Lipinski definition) is 1. The summed E-state index contributed by atoms with van der Waals surface area (Å²) in [6.07, 6.45) is 0. The number of halogens is 9. The topological polar surface area (TPSA) is 97.4 Å². The molecule has 5 aromatic rings. The van der Waals surface area contributed by atoms with Gasteiger partial charge in [-0.05, 0) is 86.8 Å². The Labute approximate surface area is 288 Å². The van der Waals surface area contributed by atoms with Crippen molar-refractivity contribution in [3.63, 3.8) is 0 Å². The number of rotatable bonds is 3. The summed E-state index contributed by atoms with van der Waals surface area (Å²) in [5.74, 6) is -17.3. The van der Waals surface area contributed by atoms with E-state index in [0.717, 1.165) is 19.1 Å². The largest absolute Gasteiger partial charge is 0.326 e. The minimum Gasteiger partial charge on any atom is -0.326 e. The third-order valence-electron chi connectivity index (χ3n) is 9.24. The van der Waals surface area contributed by atoms with Crippen LogP contribution in [0.5, 0.6) is 0 Å². The molecule has 0 spiro atoms.